The fourth-order valence-electron chi connectivity index (χ4n) is 1.74. The van der Waals surface area contributed by atoms with Gasteiger partial charge in [0.2, 0.25) is 5.91 Å². The topological polar surface area (TPSA) is 40.5 Å². The third-order valence-electron chi connectivity index (χ3n) is 2.89. The average Bonchev–Trinajstić information content (AvgIpc) is 2.48. The van der Waals surface area contributed by atoms with Gasteiger partial charge in [0.1, 0.15) is 5.75 Å². The molecular formula is C16H17NO2S. The Labute approximate surface area is 123 Å². The van der Waals surface area contributed by atoms with Crippen LogP contribution in [0.4, 0.5) is 0 Å². The first kappa shape index (κ1) is 14.5. The lowest BCUT2D eigenvalue weighted by atomic mass is 10.2. The number of thioether (sulfide) groups is 1. The predicted octanol–water partition coefficient (Wildman–Crippen LogP) is 3.14. The number of rotatable bonds is 5. The van der Waals surface area contributed by atoms with Crippen LogP contribution >= 0.6 is 11.8 Å². The predicted molar refractivity (Wildman–Crippen MR) is 81.7 cm³/mol. The van der Waals surface area contributed by atoms with E-state index in [1.54, 1.807) is 24.1 Å². The zero-order valence-corrected chi connectivity index (χ0v) is 12.1. The molecule has 0 radical (unpaired) electrons. The molecular weight excluding hydrogens is 270 g/mol. The molecule has 104 valence electrons. The van der Waals surface area contributed by atoms with E-state index in [-0.39, 0.29) is 11.7 Å². The van der Waals surface area contributed by atoms with Crippen molar-refractivity contribution in [1.82, 2.24) is 4.90 Å². The lowest BCUT2D eigenvalue weighted by molar-refractivity contribution is -0.127. The zero-order valence-electron chi connectivity index (χ0n) is 11.3. The maximum atomic E-state index is 12.0. The number of aromatic hydroxyl groups is 1. The molecule has 3 nitrogen and oxygen atoms in total. The van der Waals surface area contributed by atoms with Gasteiger partial charge in [0.25, 0.3) is 0 Å². The highest BCUT2D eigenvalue weighted by Gasteiger charge is 2.09. The molecule has 20 heavy (non-hydrogen) atoms. The molecule has 0 aromatic heterocycles. The van der Waals surface area contributed by atoms with Crippen molar-refractivity contribution in [2.75, 3.05) is 12.8 Å². The van der Waals surface area contributed by atoms with Crippen LogP contribution in [0.1, 0.15) is 5.56 Å². The lowest BCUT2D eigenvalue weighted by Crippen LogP contribution is -2.27. The Morgan fingerprint density at radius 3 is 2.40 bits per heavy atom. The number of carbonyl (C=O) groups excluding carboxylic acids is 1. The summed E-state index contributed by atoms with van der Waals surface area (Å²) in [5, 5.41) is 9.23. The number of benzene rings is 2. The molecule has 0 saturated carbocycles. The second-order valence-corrected chi connectivity index (χ2v) is 5.57. The van der Waals surface area contributed by atoms with Gasteiger partial charge in [-0.05, 0) is 29.8 Å². The average molecular weight is 287 g/mol. The van der Waals surface area contributed by atoms with Crippen molar-refractivity contribution in [2.24, 2.45) is 0 Å². The van der Waals surface area contributed by atoms with Gasteiger partial charge in [0, 0.05) is 18.5 Å². The standard InChI is InChI=1S/C16H17NO2S/c1-17(11-13-7-9-14(18)10-8-13)16(19)12-20-15-5-3-2-4-6-15/h2-10,18H,11-12H2,1H3. The van der Waals surface area contributed by atoms with E-state index in [4.69, 9.17) is 0 Å². The molecule has 0 heterocycles. The smallest absolute Gasteiger partial charge is 0.232 e. The minimum atomic E-state index is 0.0897. The molecule has 0 fully saturated rings. The molecule has 0 atom stereocenters. The summed E-state index contributed by atoms with van der Waals surface area (Å²) in [5.41, 5.74) is 1.00. The Morgan fingerprint density at radius 2 is 1.75 bits per heavy atom. The molecule has 0 aliphatic heterocycles. The second kappa shape index (κ2) is 7.01. The van der Waals surface area contributed by atoms with Crippen molar-refractivity contribution in [1.29, 1.82) is 0 Å². The molecule has 0 saturated heterocycles. The second-order valence-electron chi connectivity index (χ2n) is 4.52. The summed E-state index contributed by atoms with van der Waals surface area (Å²) in [7, 11) is 1.79. The van der Waals surface area contributed by atoms with Crippen LogP contribution in [0.2, 0.25) is 0 Å². The van der Waals surface area contributed by atoms with Crippen LogP contribution in [-0.4, -0.2) is 28.7 Å². The Bertz CT molecular complexity index is 554. The molecule has 0 spiro atoms. The summed E-state index contributed by atoms with van der Waals surface area (Å²) < 4.78 is 0. The minimum Gasteiger partial charge on any atom is -0.508 e. The van der Waals surface area contributed by atoms with Gasteiger partial charge in [-0.15, -0.1) is 11.8 Å². The van der Waals surface area contributed by atoms with Gasteiger partial charge in [-0.2, -0.15) is 0 Å². The van der Waals surface area contributed by atoms with E-state index in [1.165, 1.54) is 11.8 Å². The van der Waals surface area contributed by atoms with Gasteiger partial charge < -0.3 is 10.0 Å². The fraction of sp³-hybridized carbons (Fsp3) is 0.188. The first-order valence-corrected chi connectivity index (χ1v) is 7.33. The van der Waals surface area contributed by atoms with E-state index in [2.05, 4.69) is 0 Å². The highest BCUT2D eigenvalue weighted by Crippen LogP contribution is 2.18. The van der Waals surface area contributed by atoms with Crippen molar-refractivity contribution < 1.29 is 9.90 Å². The van der Waals surface area contributed by atoms with Crippen molar-refractivity contribution in [3.05, 3.63) is 60.2 Å². The summed E-state index contributed by atoms with van der Waals surface area (Å²) in [4.78, 5) is 14.8. The van der Waals surface area contributed by atoms with Crippen LogP contribution < -0.4 is 0 Å². The van der Waals surface area contributed by atoms with Crippen LogP contribution in [-0.2, 0) is 11.3 Å². The normalized spacial score (nSPS) is 10.2. The molecule has 0 bridgehead atoms. The fourth-order valence-corrected chi connectivity index (χ4v) is 2.60. The number of phenolic OH excluding ortho intramolecular Hbond substituents is 1. The number of hydrogen-bond donors (Lipinski definition) is 1. The van der Waals surface area contributed by atoms with Gasteiger partial charge >= 0.3 is 0 Å². The van der Waals surface area contributed by atoms with Gasteiger partial charge in [0.15, 0.2) is 0 Å². The SMILES string of the molecule is CN(Cc1ccc(O)cc1)C(=O)CSc1ccccc1. The largest absolute Gasteiger partial charge is 0.508 e. The monoisotopic (exact) mass is 287 g/mol. The van der Waals surface area contributed by atoms with Gasteiger partial charge in [-0.1, -0.05) is 30.3 Å². The minimum absolute atomic E-state index is 0.0897. The lowest BCUT2D eigenvalue weighted by Gasteiger charge is -2.17. The third kappa shape index (κ3) is 4.31. The maximum Gasteiger partial charge on any atom is 0.232 e. The van der Waals surface area contributed by atoms with Gasteiger partial charge in [-0.3, -0.25) is 4.79 Å². The summed E-state index contributed by atoms with van der Waals surface area (Å²) in [5.74, 6) is 0.757. The Morgan fingerprint density at radius 1 is 1.10 bits per heavy atom. The van der Waals surface area contributed by atoms with E-state index in [1.807, 2.05) is 42.5 Å². The number of hydrogen-bond acceptors (Lipinski definition) is 3. The zero-order chi connectivity index (χ0) is 14.4. The molecule has 4 heteroatoms. The van der Waals surface area contributed by atoms with Crippen molar-refractivity contribution >= 4 is 17.7 Å². The van der Waals surface area contributed by atoms with Gasteiger partial charge in [0.05, 0.1) is 5.75 Å². The van der Waals surface area contributed by atoms with Crippen LogP contribution in [0.5, 0.6) is 5.75 Å². The van der Waals surface area contributed by atoms with Crippen molar-refractivity contribution in [3.63, 3.8) is 0 Å². The number of amides is 1. The number of carbonyl (C=O) groups is 1. The molecule has 0 unspecified atom stereocenters. The van der Waals surface area contributed by atoms with Crippen LogP contribution in [0, 0.1) is 0 Å². The quantitative estimate of drug-likeness (QED) is 0.859. The van der Waals surface area contributed by atoms with E-state index in [0.717, 1.165) is 10.5 Å². The molecule has 2 rings (SSSR count). The molecule has 2 aromatic rings. The van der Waals surface area contributed by atoms with Crippen LogP contribution in [0.25, 0.3) is 0 Å². The Balaban J connectivity index is 1.84. The molecule has 1 amide bonds. The molecule has 1 N–H and O–H groups in total. The Hall–Kier alpha value is -1.94. The van der Waals surface area contributed by atoms with Crippen molar-refractivity contribution in [2.45, 2.75) is 11.4 Å². The van der Waals surface area contributed by atoms with Crippen molar-refractivity contribution in [3.8, 4) is 5.75 Å². The Kier molecular flexibility index (Phi) is 5.07. The first-order valence-electron chi connectivity index (χ1n) is 6.35. The third-order valence-corrected chi connectivity index (χ3v) is 3.88. The van der Waals surface area contributed by atoms with Crippen LogP contribution in [0.3, 0.4) is 0 Å². The highest BCUT2D eigenvalue weighted by atomic mass is 32.2. The van der Waals surface area contributed by atoms with Crippen LogP contribution in [0.15, 0.2) is 59.5 Å². The van der Waals surface area contributed by atoms with E-state index < -0.39 is 0 Å². The van der Waals surface area contributed by atoms with E-state index >= 15 is 0 Å². The summed E-state index contributed by atoms with van der Waals surface area (Å²) in [6.45, 7) is 0.550. The molecule has 0 aliphatic rings. The first-order chi connectivity index (χ1) is 9.65. The number of nitrogens with zero attached hydrogens (tertiary/aromatic N) is 1. The molecule has 0 aliphatic carbocycles. The van der Waals surface area contributed by atoms with E-state index in [9.17, 15) is 9.90 Å². The number of phenols is 1. The summed E-state index contributed by atoms with van der Waals surface area (Å²) in [6.07, 6.45) is 0. The molecule has 2 aromatic carbocycles. The van der Waals surface area contributed by atoms with E-state index in [0.29, 0.717) is 12.3 Å². The summed E-state index contributed by atoms with van der Waals surface area (Å²) >= 11 is 1.54. The maximum absolute atomic E-state index is 12.0. The summed E-state index contributed by atoms with van der Waals surface area (Å²) in [6, 6.07) is 16.8. The highest BCUT2D eigenvalue weighted by molar-refractivity contribution is 8.00. The van der Waals surface area contributed by atoms with Gasteiger partial charge in [-0.25, -0.2) is 0 Å².